The van der Waals surface area contributed by atoms with Gasteiger partial charge in [0.15, 0.2) is 0 Å². The van der Waals surface area contributed by atoms with Crippen LogP contribution in [-0.2, 0) is 14.6 Å². The molecule has 0 saturated carbocycles. The highest BCUT2D eigenvalue weighted by molar-refractivity contribution is 7.80. The van der Waals surface area contributed by atoms with Crippen LogP contribution in [0.3, 0.4) is 0 Å². The molecule has 0 fully saturated rings. The number of rotatable bonds is 2. The highest BCUT2D eigenvalue weighted by Crippen LogP contribution is 1.94. The second kappa shape index (κ2) is 6.25. The summed E-state index contributed by atoms with van der Waals surface area (Å²) in [6.07, 6.45) is 5.29. The molecule has 0 aliphatic heterocycles. The SMILES string of the molecule is C=Cc1ccncc1.COS(=O)(=O)O. The molecule has 1 aromatic rings. The molecule has 0 amide bonds. The van der Waals surface area contributed by atoms with Gasteiger partial charge in [-0.3, -0.25) is 13.7 Å². The second-order valence-corrected chi connectivity index (χ2v) is 3.27. The Kier molecular flexibility index (Phi) is 5.70. The van der Waals surface area contributed by atoms with E-state index in [0.29, 0.717) is 0 Å². The molecule has 1 rings (SSSR count). The van der Waals surface area contributed by atoms with Gasteiger partial charge < -0.3 is 0 Å². The first-order valence-corrected chi connectivity index (χ1v) is 4.91. The van der Waals surface area contributed by atoms with Crippen molar-refractivity contribution in [2.24, 2.45) is 0 Å². The lowest BCUT2D eigenvalue weighted by molar-refractivity contribution is 0.324. The zero-order chi connectivity index (χ0) is 11.0. The largest absolute Gasteiger partial charge is 0.397 e. The fourth-order valence-corrected chi connectivity index (χ4v) is 0.500. The third-order valence-corrected chi connectivity index (χ3v) is 1.57. The molecule has 1 N–H and O–H groups in total. The van der Waals surface area contributed by atoms with Crippen molar-refractivity contribution in [1.82, 2.24) is 4.98 Å². The minimum Gasteiger partial charge on any atom is -0.265 e. The quantitative estimate of drug-likeness (QED) is 0.752. The van der Waals surface area contributed by atoms with E-state index in [9.17, 15) is 8.42 Å². The van der Waals surface area contributed by atoms with Crippen molar-refractivity contribution in [1.29, 1.82) is 0 Å². The van der Waals surface area contributed by atoms with Crippen LogP contribution in [0.5, 0.6) is 0 Å². The number of hydrogen-bond acceptors (Lipinski definition) is 4. The van der Waals surface area contributed by atoms with Gasteiger partial charge in [0, 0.05) is 12.4 Å². The summed E-state index contributed by atoms with van der Waals surface area (Å²) < 4.78 is 29.7. The van der Waals surface area contributed by atoms with Crippen molar-refractivity contribution >= 4 is 16.5 Å². The summed E-state index contributed by atoms with van der Waals surface area (Å²) in [6, 6.07) is 3.82. The van der Waals surface area contributed by atoms with Crippen LogP contribution in [0.4, 0.5) is 0 Å². The average molecular weight is 217 g/mol. The van der Waals surface area contributed by atoms with Gasteiger partial charge in [-0.1, -0.05) is 12.7 Å². The Hall–Kier alpha value is -1.24. The predicted octanol–water partition coefficient (Wildman–Crippen LogP) is 1.16. The van der Waals surface area contributed by atoms with Crippen molar-refractivity contribution in [3.63, 3.8) is 0 Å². The monoisotopic (exact) mass is 217 g/mol. The van der Waals surface area contributed by atoms with E-state index in [-0.39, 0.29) is 0 Å². The first kappa shape index (κ1) is 12.8. The molecule has 1 aromatic heterocycles. The van der Waals surface area contributed by atoms with Crippen LogP contribution < -0.4 is 0 Å². The number of hydrogen-bond donors (Lipinski definition) is 1. The van der Waals surface area contributed by atoms with Gasteiger partial charge in [-0.15, -0.1) is 0 Å². The Morgan fingerprint density at radius 3 is 2.14 bits per heavy atom. The molecule has 0 aromatic carbocycles. The van der Waals surface area contributed by atoms with Crippen LogP contribution in [0.2, 0.25) is 0 Å². The van der Waals surface area contributed by atoms with Crippen LogP contribution >= 0.6 is 0 Å². The van der Waals surface area contributed by atoms with Crippen LogP contribution in [0.25, 0.3) is 6.08 Å². The van der Waals surface area contributed by atoms with E-state index in [4.69, 9.17) is 4.55 Å². The first-order chi connectivity index (χ1) is 6.49. The molecular formula is C8H11NO4S. The molecule has 6 heteroatoms. The maximum absolute atomic E-state index is 9.33. The highest BCUT2D eigenvalue weighted by Gasteiger charge is 1.94. The normalized spacial score (nSPS) is 9.86. The second-order valence-electron chi connectivity index (χ2n) is 2.08. The lowest BCUT2D eigenvalue weighted by Gasteiger charge is -1.84. The van der Waals surface area contributed by atoms with Gasteiger partial charge >= 0.3 is 10.4 Å². The van der Waals surface area contributed by atoms with Crippen LogP contribution in [-0.4, -0.2) is 25.1 Å². The summed E-state index contributed by atoms with van der Waals surface area (Å²) >= 11 is 0. The Morgan fingerprint density at radius 2 is 1.93 bits per heavy atom. The molecule has 0 saturated heterocycles. The average Bonchev–Trinajstić information content (AvgIpc) is 2.19. The van der Waals surface area contributed by atoms with E-state index in [1.165, 1.54) is 0 Å². The Balaban J connectivity index is 0.000000255. The summed E-state index contributed by atoms with van der Waals surface area (Å²) in [6.45, 7) is 3.60. The van der Waals surface area contributed by atoms with Crippen molar-refractivity contribution in [3.05, 3.63) is 36.7 Å². The molecule has 1 heterocycles. The van der Waals surface area contributed by atoms with Gasteiger partial charge in [0.1, 0.15) is 0 Å². The van der Waals surface area contributed by atoms with Crippen molar-refractivity contribution in [2.45, 2.75) is 0 Å². The molecule has 0 aliphatic rings. The third kappa shape index (κ3) is 7.41. The topological polar surface area (TPSA) is 76.5 Å². The maximum Gasteiger partial charge on any atom is 0.397 e. The fourth-order valence-electron chi connectivity index (χ4n) is 0.500. The standard InChI is InChI=1S/C7H7N.CH4O4S/c1-2-7-3-5-8-6-4-7;1-5-6(2,3)4/h2-6H,1H2;1H3,(H,2,3,4). The van der Waals surface area contributed by atoms with E-state index in [1.54, 1.807) is 18.5 Å². The number of nitrogens with zero attached hydrogens (tertiary/aromatic N) is 1. The smallest absolute Gasteiger partial charge is 0.265 e. The lowest BCUT2D eigenvalue weighted by Crippen LogP contribution is -1.96. The zero-order valence-electron chi connectivity index (χ0n) is 7.62. The molecule has 78 valence electrons. The molecule has 0 atom stereocenters. The van der Waals surface area contributed by atoms with Gasteiger partial charge in [-0.2, -0.15) is 8.42 Å². The first-order valence-electron chi connectivity index (χ1n) is 3.55. The lowest BCUT2D eigenvalue weighted by atomic mass is 10.3. The molecule has 5 nitrogen and oxygen atoms in total. The molecule has 0 radical (unpaired) electrons. The summed E-state index contributed by atoms with van der Waals surface area (Å²) in [5, 5.41) is 0. The fraction of sp³-hybridized carbons (Fsp3) is 0.125. The maximum atomic E-state index is 9.33. The van der Waals surface area contributed by atoms with Crippen molar-refractivity contribution in [2.75, 3.05) is 7.11 Å². The van der Waals surface area contributed by atoms with E-state index < -0.39 is 10.4 Å². The molecule has 0 spiro atoms. The zero-order valence-corrected chi connectivity index (χ0v) is 8.44. The Labute approximate surface area is 83.0 Å². The summed E-state index contributed by atoms with van der Waals surface area (Å²) in [7, 11) is -3.29. The summed E-state index contributed by atoms with van der Waals surface area (Å²) in [5.74, 6) is 0. The minimum atomic E-state index is -4.16. The molecule has 0 bridgehead atoms. The van der Waals surface area contributed by atoms with Crippen LogP contribution in [0.1, 0.15) is 5.56 Å². The minimum absolute atomic E-state index is 0.870. The third-order valence-electron chi connectivity index (χ3n) is 1.15. The van der Waals surface area contributed by atoms with Gasteiger partial charge in [0.25, 0.3) is 0 Å². The van der Waals surface area contributed by atoms with E-state index >= 15 is 0 Å². The highest BCUT2D eigenvalue weighted by atomic mass is 32.3. The number of aromatic nitrogens is 1. The van der Waals surface area contributed by atoms with Crippen LogP contribution in [0.15, 0.2) is 31.1 Å². The van der Waals surface area contributed by atoms with Crippen molar-refractivity contribution in [3.8, 4) is 0 Å². The van der Waals surface area contributed by atoms with Crippen LogP contribution in [0, 0.1) is 0 Å². The summed E-state index contributed by atoms with van der Waals surface area (Å²) in [5.41, 5.74) is 1.11. The van der Waals surface area contributed by atoms with Gasteiger partial charge in [0.2, 0.25) is 0 Å². The van der Waals surface area contributed by atoms with Gasteiger partial charge in [-0.25, -0.2) is 0 Å². The van der Waals surface area contributed by atoms with Crippen molar-refractivity contribution < 1.29 is 17.2 Å². The van der Waals surface area contributed by atoms with E-state index in [0.717, 1.165) is 12.7 Å². The molecular weight excluding hydrogens is 206 g/mol. The predicted molar refractivity (Wildman–Crippen MR) is 52.9 cm³/mol. The summed E-state index contributed by atoms with van der Waals surface area (Å²) in [4.78, 5) is 3.85. The number of pyridine rings is 1. The Morgan fingerprint density at radius 1 is 1.50 bits per heavy atom. The molecule has 14 heavy (non-hydrogen) atoms. The van der Waals surface area contributed by atoms with E-state index in [2.05, 4.69) is 15.7 Å². The van der Waals surface area contributed by atoms with E-state index in [1.807, 2.05) is 12.1 Å². The molecule has 0 unspecified atom stereocenters. The Bertz CT molecular complexity index is 360. The molecule has 0 aliphatic carbocycles. The van der Waals surface area contributed by atoms with Gasteiger partial charge in [0.05, 0.1) is 7.11 Å². The van der Waals surface area contributed by atoms with Gasteiger partial charge in [-0.05, 0) is 17.7 Å².